The van der Waals surface area contributed by atoms with Crippen LogP contribution in [-0.2, 0) is 27.7 Å². The molecule has 0 saturated carbocycles. The van der Waals surface area contributed by atoms with Crippen molar-refractivity contribution in [1.29, 1.82) is 0 Å². The molecule has 1 amide bonds. The SMILES string of the molecule is CCc1cccc(CC)c1NC(=O)CCS(=O)(=O)N(C)C. The highest BCUT2D eigenvalue weighted by Crippen LogP contribution is 2.22. The molecule has 1 aromatic rings. The Hall–Kier alpha value is -1.40. The van der Waals surface area contributed by atoms with E-state index in [4.69, 9.17) is 0 Å². The van der Waals surface area contributed by atoms with Gasteiger partial charge in [0.15, 0.2) is 0 Å². The molecule has 118 valence electrons. The van der Waals surface area contributed by atoms with E-state index >= 15 is 0 Å². The number of para-hydroxylation sites is 1. The third kappa shape index (κ3) is 4.82. The topological polar surface area (TPSA) is 66.5 Å². The Morgan fingerprint density at radius 3 is 2.10 bits per heavy atom. The van der Waals surface area contributed by atoms with Gasteiger partial charge in [-0.25, -0.2) is 12.7 Å². The molecular formula is C15H24N2O3S. The van der Waals surface area contributed by atoms with Gasteiger partial charge >= 0.3 is 0 Å². The molecule has 0 atom stereocenters. The summed E-state index contributed by atoms with van der Waals surface area (Å²) in [5.41, 5.74) is 2.96. The number of carbonyl (C=O) groups excluding carboxylic acids is 1. The van der Waals surface area contributed by atoms with Crippen molar-refractivity contribution in [2.45, 2.75) is 33.1 Å². The normalized spacial score (nSPS) is 11.7. The molecule has 0 aromatic heterocycles. The van der Waals surface area contributed by atoms with Gasteiger partial charge in [-0.05, 0) is 24.0 Å². The Bertz CT molecular complexity index is 573. The summed E-state index contributed by atoms with van der Waals surface area (Å²) in [5, 5.41) is 2.87. The Morgan fingerprint density at radius 2 is 1.67 bits per heavy atom. The lowest BCUT2D eigenvalue weighted by Gasteiger charge is -2.15. The third-order valence-corrected chi connectivity index (χ3v) is 5.24. The molecule has 0 bridgehead atoms. The van der Waals surface area contributed by atoms with Crippen LogP contribution in [0.4, 0.5) is 5.69 Å². The molecule has 0 radical (unpaired) electrons. The van der Waals surface area contributed by atoms with Gasteiger partial charge in [-0.3, -0.25) is 4.79 Å². The first kappa shape index (κ1) is 17.7. The standard InChI is InChI=1S/C15H24N2O3S/c1-5-12-8-7-9-13(6-2)15(12)16-14(18)10-11-21(19,20)17(3)4/h7-9H,5-6,10-11H2,1-4H3,(H,16,18). The molecule has 0 unspecified atom stereocenters. The molecule has 6 heteroatoms. The quantitative estimate of drug-likeness (QED) is 0.838. The first-order valence-corrected chi connectivity index (χ1v) is 8.73. The Morgan fingerprint density at radius 1 is 1.14 bits per heavy atom. The zero-order valence-electron chi connectivity index (χ0n) is 13.1. The summed E-state index contributed by atoms with van der Waals surface area (Å²) >= 11 is 0. The number of nitrogens with one attached hydrogen (secondary N) is 1. The maximum atomic E-state index is 12.0. The van der Waals surface area contributed by atoms with E-state index in [2.05, 4.69) is 5.32 Å². The van der Waals surface area contributed by atoms with E-state index in [1.165, 1.54) is 14.1 Å². The summed E-state index contributed by atoms with van der Waals surface area (Å²) in [6.07, 6.45) is 1.60. The average molecular weight is 312 g/mol. The molecule has 1 aromatic carbocycles. The molecular weight excluding hydrogens is 288 g/mol. The second-order valence-corrected chi connectivity index (χ2v) is 7.36. The van der Waals surface area contributed by atoms with Crippen molar-refractivity contribution in [3.8, 4) is 0 Å². The van der Waals surface area contributed by atoms with E-state index in [1.807, 2.05) is 32.0 Å². The minimum absolute atomic E-state index is 0.0400. The van der Waals surface area contributed by atoms with Crippen molar-refractivity contribution in [3.05, 3.63) is 29.3 Å². The van der Waals surface area contributed by atoms with Gasteiger partial charge in [0, 0.05) is 26.2 Å². The highest BCUT2D eigenvalue weighted by atomic mass is 32.2. The summed E-state index contributed by atoms with van der Waals surface area (Å²) in [7, 11) is -0.410. The van der Waals surface area contributed by atoms with Crippen molar-refractivity contribution >= 4 is 21.6 Å². The fourth-order valence-electron chi connectivity index (χ4n) is 2.01. The number of nitrogens with zero attached hydrogens (tertiary/aromatic N) is 1. The fourth-order valence-corrected chi connectivity index (χ4v) is 2.82. The Kier molecular flexibility index (Phi) is 6.36. The van der Waals surface area contributed by atoms with Crippen molar-refractivity contribution in [2.75, 3.05) is 25.2 Å². The molecule has 0 aliphatic heterocycles. The minimum Gasteiger partial charge on any atom is -0.326 e. The third-order valence-electron chi connectivity index (χ3n) is 3.41. The molecule has 1 N–H and O–H groups in total. The zero-order chi connectivity index (χ0) is 16.0. The number of hydrogen-bond donors (Lipinski definition) is 1. The van der Waals surface area contributed by atoms with Crippen LogP contribution >= 0.6 is 0 Å². The number of aryl methyl sites for hydroxylation is 2. The number of hydrogen-bond acceptors (Lipinski definition) is 3. The maximum Gasteiger partial charge on any atom is 0.225 e. The van der Waals surface area contributed by atoms with Gasteiger partial charge in [0.25, 0.3) is 0 Å². The van der Waals surface area contributed by atoms with Crippen LogP contribution in [0.25, 0.3) is 0 Å². The summed E-state index contributed by atoms with van der Waals surface area (Å²) in [6.45, 7) is 4.06. The summed E-state index contributed by atoms with van der Waals surface area (Å²) in [4.78, 5) is 12.0. The van der Waals surface area contributed by atoms with Gasteiger partial charge in [-0.1, -0.05) is 32.0 Å². The smallest absolute Gasteiger partial charge is 0.225 e. The van der Waals surface area contributed by atoms with Gasteiger partial charge in [-0.15, -0.1) is 0 Å². The molecule has 0 heterocycles. The number of benzene rings is 1. The predicted molar refractivity (Wildman–Crippen MR) is 85.9 cm³/mol. The highest BCUT2D eigenvalue weighted by molar-refractivity contribution is 7.89. The van der Waals surface area contributed by atoms with Crippen LogP contribution in [0.2, 0.25) is 0 Å². The minimum atomic E-state index is -3.34. The number of sulfonamides is 1. The maximum absolute atomic E-state index is 12.0. The van der Waals surface area contributed by atoms with E-state index in [0.717, 1.165) is 34.0 Å². The van der Waals surface area contributed by atoms with Gasteiger partial charge < -0.3 is 5.32 Å². The average Bonchev–Trinajstić information content (AvgIpc) is 2.45. The summed E-state index contributed by atoms with van der Waals surface area (Å²) < 4.78 is 24.5. The second kappa shape index (κ2) is 7.56. The lowest BCUT2D eigenvalue weighted by atomic mass is 10.0. The van der Waals surface area contributed by atoms with Gasteiger partial charge in [-0.2, -0.15) is 0 Å². The largest absolute Gasteiger partial charge is 0.326 e. The van der Waals surface area contributed by atoms with E-state index in [9.17, 15) is 13.2 Å². The molecule has 0 fully saturated rings. The van der Waals surface area contributed by atoms with Crippen molar-refractivity contribution in [2.24, 2.45) is 0 Å². The van der Waals surface area contributed by atoms with Gasteiger partial charge in [0.2, 0.25) is 15.9 Å². The number of amides is 1. The first-order valence-electron chi connectivity index (χ1n) is 7.12. The summed E-state index contributed by atoms with van der Waals surface area (Å²) in [5.74, 6) is -0.447. The Labute approximate surface area is 127 Å². The zero-order valence-corrected chi connectivity index (χ0v) is 14.0. The van der Waals surface area contributed by atoms with Crippen LogP contribution in [0.1, 0.15) is 31.4 Å². The molecule has 5 nitrogen and oxygen atoms in total. The van der Waals surface area contributed by atoms with E-state index in [1.54, 1.807) is 0 Å². The lowest BCUT2D eigenvalue weighted by Crippen LogP contribution is -2.27. The molecule has 0 saturated heterocycles. The van der Waals surface area contributed by atoms with Gasteiger partial charge in [0.05, 0.1) is 5.75 Å². The van der Waals surface area contributed by atoms with Crippen molar-refractivity contribution in [3.63, 3.8) is 0 Å². The summed E-state index contributed by atoms with van der Waals surface area (Å²) in [6, 6.07) is 5.93. The van der Waals surface area contributed by atoms with Gasteiger partial charge in [0.1, 0.15) is 0 Å². The first-order chi connectivity index (χ1) is 9.81. The number of anilines is 1. The van der Waals surface area contributed by atoms with Crippen LogP contribution in [-0.4, -0.2) is 38.5 Å². The van der Waals surface area contributed by atoms with Crippen LogP contribution < -0.4 is 5.32 Å². The van der Waals surface area contributed by atoms with Crippen LogP contribution in [0, 0.1) is 0 Å². The molecule has 0 aliphatic rings. The van der Waals surface area contributed by atoms with E-state index in [-0.39, 0.29) is 18.1 Å². The molecule has 1 rings (SSSR count). The lowest BCUT2D eigenvalue weighted by molar-refractivity contribution is -0.115. The van der Waals surface area contributed by atoms with Crippen molar-refractivity contribution in [1.82, 2.24) is 4.31 Å². The number of rotatable bonds is 7. The van der Waals surface area contributed by atoms with Crippen LogP contribution in [0.5, 0.6) is 0 Å². The fraction of sp³-hybridized carbons (Fsp3) is 0.533. The Balaban J connectivity index is 2.80. The molecule has 21 heavy (non-hydrogen) atoms. The highest BCUT2D eigenvalue weighted by Gasteiger charge is 2.17. The van der Waals surface area contributed by atoms with Crippen LogP contribution in [0.15, 0.2) is 18.2 Å². The monoisotopic (exact) mass is 312 g/mol. The molecule has 0 spiro atoms. The van der Waals surface area contributed by atoms with E-state index in [0.29, 0.717) is 0 Å². The number of carbonyl (C=O) groups is 1. The van der Waals surface area contributed by atoms with Crippen molar-refractivity contribution < 1.29 is 13.2 Å². The van der Waals surface area contributed by atoms with E-state index < -0.39 is 10.0 Å². The predicted octanol–water partition coefficient (Wildman–Crippen LogP) is 2.03. The second-order valence-electron chi connectivity index (χ2n) is 5.05. The molecule has 0 aliphatic carbocycles. The van der Waals surface area contributed by atoms with Crippen LogP contribution in [0.3, 0.4) is 0 Å².